The third-order valence-corrected chi connectivity index (χ3v) is 5.51. The van der Waals surface area contributed by atoms with Crippen LogP contribution in [-0.4, -0.2) is 44.0 Å². The molecule has 0 bridgehead atoms. The van der Waals surface area contributed by atoms with Crippen molar-refractivity contribution in [3.63, 3.8) is 0 Å². The first-order valence-corrected chi connectivity index (χ1v) is 10.5. The van der Waals surface area contributed by atoms with E-state index in [0.717, 1.165) is 47.8 Å². The second kappa shape index (κ2) is 8.29. The molecule has 4 aromatic rings. The number of aromatic amines is 1. The molecule has 0 aromatic carbocycles. The maximum Gasteiger partial charge on any atom is 0.231 e. The number of methoxy groups -OCH3 is 1. The molecule has 32 heavy (non-hydrogen) atoms. The van der Waals surface area contributed by atoms with Crippen molar-refractivity contribution >= 4 is 17.6 Å². The van der Waals surface area contributed by atoms with Gasteiger partial charge in [-0.3, -0.25) is 10.1 Å². The fourth-order valence-corrected chi connectivity index (χ4v) is 3.95. The first kappa shape index (κ1) is 20.0. The first-order chi connectivity index (χ1) is 15.6. The van der Waals surface area contributed by atoms with Crippen LogP contribution >= 0.6 is 0 Å². The molecule has 10 nitrogen and oxygen atoms in total. The number of nitrogens with zero attached hydrogens (tertiary/aromatic N) is 6. The number of hydrogen-bond donors (Lipinski definition) is 2. The van der Waals surface area contributed by atoms with Gasteiger partial charge in [0, 0.05) is 47.9 Å². The second-order valence-electron chi connectivity index (χ2n) is 7.76. The summed E-state index contributed by atoms with van der Waals surface area (Å²) >= 11 is 0. The summed E-state index contributed by atoms with van der Waals surface area (Å²) in [6, 6.07) is 9.52. The molecule has 2 N–H and O–H groups in total. The number of H-pyrrole nitrogens is 1. The summed E-state index contributed by atoms with van der Waals surface area (Å²) in [6.07, 6.45) is 3.69. The molecule has 0 aliphatic carbocycles. The number of ether oxygens (including phenoxy) is 1. The van der Waals surface area contributed by atoms with Crippen molar-refractivity contribution < 1.29 is 9.26 Å². The van der Waals surface area contributed by atoms with Crippen molar-refractivity contribution in [3.8, 4) is 17.1 Å². The number of anilines is 3. The zero-order valence-electron chi connectivity index (χ0n) is 18.2. The number of pyridine rings is 1. The Morgan fingerprint density at radius 3 is 2.88 bits per heavy atom. The molecule has 1 atom stereocenters. The number of aryl methyl sites for hydroxylation is 2. The Labute approximate surface area is 185 Å². The predicted octanol–water partition coefficient (Wildman–Crippen LogP) is 3.96. The van der Waals surface area contributed by atoms with E-state index in [-0.39, 0.29) is 6.04 Å². The van der Waals surface area contributed by atoms with Gasteiger partial charge in [0.1, 0.15) is 11.5 Å². The van der Waals surface area contributed by atoms with E-state index in [1.165, 1.54) is 0 Å². The Kier molecular flexibility index (Phi) is 5.18. The average molecular weight is 432 g/mol. The molecule has 0 amide bonds. The van der Waals surface area contributed by atoms with Gasteiger partial charge in [0.25, 0.3) is 0 Å². The summed E-state index contributed by atoms with van der Waals surface area (Å²) in [5, 5.41) is 14.6. The highest BCUT2D eigenvalue weighted by Gasteiger charge is 2.32. The van der Waals surface area contributed by atoms with Crippen LogP contribution in [-0.2, 0) is 0 Å². The minimum absolute atomic E-state index is 0.0131. The Bertz CT molecular complexity index is 1230. The molecule has 4 aromatic heterocycles. The summed E-state index contributed by atoms with van der Waals surface area (Å²) in [5.74, 6) is 3.11. The van der Waals surface area contributed by atoms with E-state index in [1.807, 2.05) is 38.1 Å². The van der Waals surface area contributed by atoms with Crippen LogP contribution in [0.15, 0.2) is 41.1 Å². The van der Waals surface area contributed by atoms with Crippen molar-refractivity contribution in [1.82, 2.24) is 30.3 Å². The predicted molar refractivity (Wildman–Crippen MR) is 119 cm³/mol. The van der Waals surface area contributed by atoms with Crippen molar-refractivity contribution in [2.45, 2.75) is 32.7 Å². The molecule has 0 radical (unpaired) electrons. The zero-order valence-corrected chi connectivity index (χ0v) is 18.2. The van der Waals surface area contributed by atoms with Gasteiger partial charge in [0.2, 0.25) is 11.8 Å². The van der Waals surface area contributed by atoms with Crippen LogP contribution in [0.4, 0.5) is 17.6 Å². The molecule has 5 heterocycles. The molecule has 1 fully saturated rings. The van der Waals surface area contributed by atoms with Gasteiger partial charge in [0.05, 0.1) is 13.2 Å². The van der Waals surface area contributed by atoms with Crippen LogP contribution in [0.2, 0.25) is 0 Å². The van der Waals surface area contributed by atoms with Crippen LogP contribution in [0.1, 0.15) is 36.0 Å². The van der Waals surface area contributed by atoms with E-state index in [0.29, 0.717) is 23.5 Å². The number of rotatable bonds is 6. The largest absolute Gasteiger partial charge is 0.481 e. The van der Waals surface area contributed by atoms with Gasteiger partial charge in [-0.05, 0) is 38.8 Å². The summed E-state index contributed by atoms with van der Waals surface area (Å²) in [6.45, 7) is 4.71. The van der Waals surface area contributed by atoms with E-state index in [9.17, 15) is 0 Å². The highest BCUT2D eigenvalue weighted by molar-refractivity contribution is 5.62. The van der Waals surface area contributed by atoms with Gasteiger partial charge >= 0.3 is 0 Å². The molecule has 0 spiro atoms. The fraction of sp³-hybridized carbons (Fsp3) is 0.318. The lowest BCUT2D eigenvalue weighted by atomic mass is 10.1. The van der Waals surface area contributed by atoms with Crippen LogP contribution in [0, 0.1) is 13.8 Å². The van der Waals surface area contributed by atoms with Crippen LogP contribution < -0.4 is 15.0 Å². The Hall–Kier alpha value is -3.95. The zero-order chi connectivity index (χ0) is 22.1. The average Bonchev–Trinajstić information content (AvgIpc) is 3.54. The van der Waals surface area contributed by atoms with E-state index < -0.39 is 0 Å². The van der Waals surface area contributed by atoms with E-state index in [2.05, 4.69) is 35.5 Å². The lowest BCUT2D eigenvalue weighted by molar-refractivity contribution is 0.361. The van der Waals surface area contributed by atoms with Gasteiger partial charge < -0.3 is 19.5 Å². The molecule has 1 unspecified atom stereocenters. The highest BCUT2D eigenvalue weighted by atomic mass is 16.5. The van der Waals surface area contributed by atoms with Crippen LogP contribution in [0.5, 0.6) is 5.88 Å². The third-order valence-electron chi connectivity index (χ3n) is 5.51. The molecule has 1 saturated heterocycles. The van der Waals surface area contributed by atoms with Gasteiger partial charge in [-0.25, -0.2) is 0 Å². The number of hydrogen-bond acceptors (Lipinski definition) is 9. The Balaban J connectivity index is 1.44. The van der Waals surface area contributed by atoms with Gasteiger partial charge in [0.15, 0.2) is 11.6 Å². The topological polar surface area (TPSA) is 118 Å². The quantitative estimate of drug-likeness (QED) is 0.467. The molecule has 164 valence electrons. The van der Waals surface area contributed by atoms with Gasteiger partial charge in [-0.15, -0.1) is 0 Å². The van der Waals surface area contributed by atoms with Crippen molar-refractivity contribution in [2.75, 3.05) is 23.9 Å². The number of nitrogens with one attached hydrogen (secondary N) is 2. The van der Waals surface area contributed by atoms with E-state index in [1.54, 1.807) is 19.4 Å². The van der Waals surface area contributed by atoms with E-state index >= 15 is 0 Å². The summed E-state index contributed by atoms with van der Waals surface area (Å²) in [7, 11) is 1.59. The van der Waals surface area contributed by atoms with Gasteiger partial charge in [-0.1, -0.05) is 5.16 Å². The third kappa shape index (κ3) is 3.86. The second-order valence-corrected chi connectivity index (χ2v) is 7.76. The fourth-order valence-electron chi connectivity index (χ4n) is 3.95. The van der Waals surface area contributed by atoms with Crippen LogP contribution in [0.25, 0.3) is 11.3 Å². The standard InChI is InChI=1S/C22H24N8O2/c1-13-10-20(28-27-13)24-19-12-21(31-3)26-22(25-19)30-9-5-7-17(30)18-11-16(29-32-18)15-6-4-8-23-14(15)2/h4,6,8,10-12,17H,5,7,9H2,1-3H3,(H2,24,25,26,27,28). The minimum Gasteiger partial charge on any atom is -0.481 e. The minimum atomic E-state index is -0.0131. The monoisotopic (exact) mass is 432 g/mol. The molecule has 1 aliphatic rings. The highest BCUT2D eigenvalue weighted by Crippen LogP contribution is 2.37. The SMILES string of the molecule is COc1cc(Nc2cc(C)[nH]n2)nc(N2CCCC2c2cc(-c3cccnc3C)no2)n1. The summed E-state index contributed by atoms with van der Waals surface area (Å²) in [4.78, 5) is 15.8. The van der Waals surface area contributed by atoms with Gasteiger partial charge in [-0.2, -0.15) is 15.1 Å². The maximum atomic E-state index is 5.76. The maximum absolute atomic E-state index is 5.76. The normalized spacial score (nSPS) is 15.8. The first-order valence-electron chi connectivity index (χ1n) is 10.5. The van der Waals surface area contributed by atoms with E-state index in [4.69, 9.17) is 14.2 Å². The molecular weight excluding hydrogens is 408 g/mol. The molecule has 0 saturated carbocycles. The molecule has 10 heteroatoms. The smallest absolute Gasteiger partial charge is 0.231 e. The summed E-state index contributed by atoms with van der Waals surface area (Å²) < 4.78 is 11.2. The van der Waals surface area contributed by atoms with Crippen molar-refractivity contribution in [1.29, 1.82) is 0 Å². The Morgan fingerprint density at radius 2 is 2.09 bits per heavy atom. The molecule has 5 rings (SSSR count). The molecule has 1 aliphatic heterocycles. The Morgan fingerprint density at radius 1 is 1.19 bits per heavy atom. The summed E-state index contributed by atoms with van der Waals surface area (Å²) in [5.41, 5.74) is 3.61. The van der Waals surface area contributed by atoms with Crippen molar-refractivity contribution in [3.05, 3.63) is 53.7 Å². The van der Waals surface area contributed by atoms with Crippen molar-refractivity contribution in [2.24, 2.45) is 0 Å². The molecular formula is C22H24N8O2. The lowest BCUT2D eigenvalue weighted by Crippen LogP contribution is -2.24. The number of aromatic nitrogens is 6. The lowest BCUT2D eigenvalue weighted by Gasteiger charge is -2.23. The van der Waals surface area contributed by atoms with Crippen LogP contribution in [0.3, 0.4) is 0 Å².